The van der Waals surface area contributed by atoms with Crippen LogP contribution in [0.25, 0.3) is 21.9 Å². The molecule has 2 unspecified atom stereocenters. The van der Waals surface area contributed by atoms with E-state index in [1.54, 1.807) is 12.1 Å². The van der Waals surface area contributed by atoms with E-state index in [2.05, 4.69) is 9.80 Å². The molecule has 8 rings (SSSR count). The van der Waals surface area contributed by atoms with E-state index in [0.717, 1.165) is 79.9 Å². The molecule has 7 nitrogen and oxygen atoms in total. The van der Waals surface area contributed by atoms with Gasteiger partial charge in [0.15, 0.2) is 0 Å². The monoisotopic (exact) mass is 573 g/mol. The van der Waals surface area contributed by atoms with Gasteiger partial charge in [-0.2, -0.15) is 18.4 Å². The second kappa shape index (κ2) is 8.87. The molecule has 0 spiro atoms. The van der Waals surface area contributed by atoms with Gasteiger partial charge in [0.25, 0.3) is 0 Å². The molecule has 0 aliphatic carbocycles. The van der Waals surface area contributed by atoms with Crippen LogP contribution in [-0.2, 0) is 19.0 Å². The summed E-state index contributed by atoms with van der Waals surface area (Å²) in [5, 5.41) is 10.1. The first-order chi connectivity index (χ1) is 20.2. The Hall–Kier alpha value is -4.26. The van der Waals surface area contributed by atoms with Crippen LogP contribution in [0.5, 0.6) is 0 Å². The molecule has 0 saturated heterocycles. The summed E-state index contributed by atoms with van der Waals surface area (Å²) >= 11 is 0. The van der Waals surface area contributed by atoms with Gasteiger partial charge in [0, 0.05) is 65.5 Å². The van der Waals surface area contributed by atoms with Gasteiger partial charge in [-0.1, -0.05) is 0 Å². The molecule has 214 valence electrons. The number of fused-ring (bicyclic) bond motifs is 4. The lowest BCUT2D eigenvalue weighted by atomic mass is 9.70. The lowest BCUT2D eigenvalue weighted by Crippen LogP contribution is -2.40. The Morgan fingerprint density at radius 2 is 1.60 bits per heavy atom. The van der Waals surface area contributed by atoms with Crippen LogP contribution in [0, 0.1) is 11.3 Å². The van der Waals surface area contributed by atoms with Gasteiger partial charge in [0.05, 0.1) is 5.56 Å². The third-order valence-corrected chi connectivity index (χ3v) is 9.71. The number of hydrogen-bond donors (Lipinski definition) is 0. The fourth-order valence-electron chi connectivity index (χ4n) is 8.11. The summed E-state index contributed by atoms with van der Waals surface area (Å²) in [5.74, 6) is -0.242. The highest BCUT2D eigenvalue weighted by Gasteiger charge is 2.43. The number of nitrogens with zero attached hydrogens (tertiary/aromatic N) is 3. The van der Waals surface area contributed by atoms with E-state index < -0.39 is 23.0 Å². The Morgan fingerprint density at radius 1 is 0.857 bits per heavy atom. The highest BCUT2D eigenvalue weighted by molar-refractivity contribution is 5.93. The summed E-state index contributed by atoms with van der Waals surface area (Å²) in [6.07, 6.45) is -0.0699. The molecule has 4 aromatic rings. The number of aryl methyl sites for hydroxylation is 2. The standard InChI is InChI=1S/C32H26F3N3O4/c33-32(34,35)24-14-25(39)41-30-23(24)12-16-3-1-7-37-10-6-20(26(30)27(16)37)19-5-9-38-8-2-4-21-28(38)22(19)13-17-11-18(15-36)31(40)42-29(17)21/h11-14,19-20H,1-10H2. The van der Waals surface area contributed by atoms with Crippen LogP contribution in [0.1, 0.15) is 70.9 Å². The molecule has 10 heteroatoms. The van der Waals surface area contributed by atoms with Crippen molar-refractivity contribution >= 4 is 33.3 Å². The maximum Gasteiger partial charge on any atom is 0.417 e. The number of anilines is 2. The fourth-order valence-corrected chi connectivity index (χ4v) is 8.11. The van der Waals surface area contributed by atoms with Gasteiger partial charge < -0.3 is 18.6 Å². The SMILES string of the molecule is N#Cc1cc2cc3c4c(c2oc1=O)CCCN4CCC3C1CCN2CCCc3cc4c(C(F)(F)F)cc(=O)oc4c1c32. The molecule has 4 aliphatic heterocycles. The maximum atomic E-state index is 14.2. The Kier molecular flexibility index (Phi) is 5.37. The topological polar surface area (TPSA) is 90.7 Å². The third kappa shape index (κ3) is 3.58. The number of hydrogen-bond acceptors (Lipinski definition) is 7. The van der Waals surface area contributed by atoms with Crippen molar-refractivity contribution in [3.63, 3.8) is 0 Å². The van der Waals surface area contributed by atoms with Crippen molar-refractivity contribution < 1.29 is 22.0 Å². The van der Waals surface area contributed by atoms with Crippen LogP contribution < -0.4 is 21.1 Å². The lowest BCUT2D eigenvalue weighted by molar-refractivity contribution is -0.136. The summed E-state index contributed by atoms with van der Waals surface area (Å²) < 4.78 is 54.1. The van der Waals surface area contributed by atoms with E-state index in [0.29, 0.717) is 35.4 Å². The number of halogens is 3. The molecular weight excluding hydrogens is 547 g/mol. The van der Waals surface area contributed by atoms with Gasteiger partial charge in [-0.3, -0.25) is 0 Å². The van der Waals surface area contributed by atoms with Gasteiger partial charge in [0.2, 0.25) is 0 Å². The van der Waals surface area contributed by atoms with E-state index in [4.69, 9.17) is 8.83 Å². The Labute approximate surface area is 237 Å². The number of nitriles is 1. The molecule has 2 aromatic heterocycles. The molecule has 0 fully saturated rings. The van der Waals surface area contributed by atoms with Gasteiger partial charge >= 0.3 is 17.4 Å². The lowest BCUT2D eigenvalue weighted by Gasteiger charge is -2.46. The number of benzene rings is 2. The van der Waals surface area contributed by atoms with Crippen molar-refractivity contribution in [2.45, 2.75) is 56.5 Å². The average Bonchev–Trinajstić information content (AvgIpc) is 2.97. The summed E-state index contributed by atoms with van der Waals surface area (Å²) in [6.45, 7) is 3.20. The highest BCUT2D eigenvalue weighted by atomic mass is 19.4. The largest absolute Gasteiger partial charge is 0.422 e. The van der Waals surface area contributed by atoms with Crippen molar-refractivity contribution in [2.75, 3.05) is 36.0 Å². The van der Waals surface area contributed by atoms with Gasteiger partial charge in [-0.15, -0.1) is 0 Å². The minimum Gasteiger partial charge on any atom is -0.422 e. The second-order valence-corrected chi connectivity index (χ2v) is 11.9. The molecule has 4 aliphatic rings. The maximum absolute atomic E-state index is 14.2. The molecule has 0 amide bonds. The number of alkyl halides is 3. The van der Waals surface area contributed by atoms with E-state index in [1.165, 1.54) is 0 Å². The van der Waals surface area contributed by atoms with Gasteiger partial charge in [-0.05, 0) is 79.7 Å². The van der Waals surface area contributed by atoms with Crippen molar-refractivity contribution in [2.24, 2.45) is 0 Å². The summed E-state index contributed by atoms with van der Waals surface area (Å²) in [6, 6.07) is 7.66. The molecular formula is C32H26F3N3O4. The summed E-state index contributed by atoms with van der Waals surface area (Å²) in [4.78, 5) is 29.6. The van der Waals surface area contributed by atoms with E-state index in [-0.39, 0.29) is 28.4 Å². The Morgan fingerprint density at radius 3 is 2.36 bits per heavy atom. The fraction of sp³-hybridized carbons (Fsp3) is 0.406. The smallest absolute Gasteiger partial charge is 0.417 e. The van der Waals surface area contributed by atoms with E-state index in [9.17, 15) is 28.0 Å². The summed E-state index contributed by atoms with van der Waals surface area (Å²) in [5.41, 5.74) is 3.39. The Balaban J connectivity index is 1.41. The zero-order valence-corrected chi connectivity index (χ0v) is 22.6. The van der Waals surface area contributed by atoms with Crippen molar-refractivity contribution in [3.8, 4) is 6.07 Å². The van der Waals surface area contributed by atoms with Crippen molar-refractivity contribution in [1.29, 1.82) is 5.26 Å². The minimum atomic E-state index is -4.70. The molecule has 6 heterocycles. The molecule has 42 heavy (non-hydrogen) atoms. The van der Waals surface area contributed by atoms with Crippen LogP contribution in [0.4, 0.5) is 24.5 Å². The van der Waals surface area contributed by atoms with Crippen LogP contribution in [0.3, 0.4) is 0 Å². The van der Waals surface area contributed by atoms with Crippen molar-refractivity contribution in [1.82, 2.24) is 0 Å². The molecule has 0 bridgehead atoms. The van der Waals surface area contributed by atoms with Crippen LogP contribution in [0.15, 0.2) is 42.7 Å². The quantitative estimate of drug-likeness (QED) is 0.259. The zero-order valence-electron chi connectivity index (χ0n) is 22.6. The average molecular weight is 574 g/mol. The molecule has 0 N–H and O–H groups in total. The van der Waals surface area contributed by atoms with Crippen molar-refractivity contribution in [3.05, 3.63) is 78.5 Å². The molecule has 0 saturated carbocycles. The first kappa shape index (κ1) is 25.5. The van der Waals surface area contributed by atoms with Gasteiger partial charge in [0.1, 0.15) is 22.8 Å². The predicted octanol–water partition coefficient (Wildman–Crippen LogP) is 5.97. The highest BCUT2D eigenvalue weighted by Crippen LogP contribution is 2.55. The normalized spacial score (nSPS) is 21.3. The Bertz CT molecular complexity index is 1990. The van der Waals surface area contributed by atoms with Gasteiger partial charge in [-0.25, -0.2) is 9.59 Å². The van der Waals surface area contributed by atoms with Crippen LogP contribution in [0.2, 0.25) is 0 Å². The zero-order chi connectivity index (χ0) is 28.9. The predicted molar refractivity (Wildman–Crippen MR) is 150 cm³/mol. The summed E-state index contributed by atoms with van der Waals surface area (Å²) in [7, 11) is 0. The van der Waals surface area contributed by atoms with Crippen LogP contribution >= 0.6 is 0 Å². The molecule has 2 aromatic carbocycles. The first-order valence-electron chi connectivity index (χ1n) is 14.5. The third-order valence-electron chi connectivity index (χ3n) is 9.71. The minimum absolute atomic E-state index is 0.0417. The van der Waals surface area contributed by atoms with Crippen LogP contribution in [-0.4, -0.2) is 26.2 Å². The number of rotatable bonds is 1. The van der Waals surface area contributed by atoms with E-state index >= 15 is 0 Å². The molecule has 2 atom stereocenters. The second-order valence-electron chi connectivity index (χ2n) is 11.9. The molecule has 0 radical (unpaired) electrons. The van der Waals surface area contributed by atoms with E-state index in [1.807, 2.05) is 12.1 Å². The first-order valence-corrected chi connectivity index (χ1v) is 14.5.